The molecule has 0 aliphatic carbocycles. The highest BCUT2D eigenvalue weighted by atomic mass is 16.8. The molecule has 0 atom stereocenters. The Labute approximate surface area is 220 Å². The topological polar surface area (TPSA) is 146 Å². The molecule has 0 amide bonds. The number of carbonyl (C=O) groups excluding carboxylic acids is 4. The molecule has 2 heterocycles. The molecule has 0 spiro atoms. The maximum absolute atomic E-state index is 12.0. The average molecular weight is 529 g/mol. The molecule has 2 aliphatic heterocycles. The van der Waals surface area contributed by atoms with E-state index in [-0.39, 0.29) is 24.3 Å². The Morgan fingerprint density at radius 2 is 0.737 bits per heavy atom. The number of ether oxygens (including phenoxy) is 4. The maximum Gasteiger partial charge on any atom is 0.326 e. The first-order valence-corrected chi connectivity index (χ1v) is 12.0. The lowest BCUT2D eigenvalue weighted by Crippen LogP contribution is -2.53. The van der Waals surface area contributed by atoms with Gasteiger partial charge >= 0.3 is 23.9 Å². The first-order chi connectivity index (χ1) is 17.5. The van der Waals surface area contributed by atoms with Crippen molar-refractivity contribution in [1.82, 2.24) is 0 Å². The fourth-order valence-electron chi connectivity index (χ4n) is 3.88. The zero-order valence-corrected chi connectivity index (χ0v) is 22.2. The first-order valence-electron chi connectivity index (χ1n) is 12.0. The van der Waals surface area contributed by atoms with Crippen molar-refractivity contribution in [1.29, 1.82) is 0 Å². The van der Waals surface area contributed by atoms with Crippen molar-refractivity contribution >= 4 is 23.9 Å². The van der Waals surface area contributed by atoms with E-state index < -0.39 is 46.3 Å². The molecule has 2 aromatic carbocycles. The Kier molecular flexibility index (Phi) is 7.50. The van der Waals surface area contributed by atoms with Crippen molar-refractivity contribution in [3.05, 3.63) is 59.7 Å². The zero-order valence-electron chi connectivity index (χ0n) is 22.2. The summed E-state index contributed by atoms with van der Waals surface area (Å²) in [5.74, 6) is -4.56. The Morgan fingerprint density at radius 3 is 0.974 bits per heavy atom. The summed E-state index contributed by atoms with van der Waals surface area (Å²) >= 11 is 0. The fourth-order valence-corrected chi connectivity index (χ4v) is 3.88. The van der Waals surface area contributed by atoms with Gasteiger partial charge in [-0.05, 0) is 62.1 Å². The van der Waals surface area contributed by atoms with Gasteiger partial charge in [0, 0.05) is 27.7 Å². The molecule has 2 aromatic rings. The van der Waals surface area contributed by atoms with Gasteiger partial charge in [-0.2, -0.15) is 0 Å². The van der Waals surface area contributed by atoms with E-state index in [1.165, 1.54) is 65.8 Å². The zero-order chi connectivity index (χ0) is 28.5. The minimum Gasteiger partial charge on any atom is -0.508 e. The minimum absolute atomic E-state index is 0.129. The number of esters is 4. The predicted molar refractivity (Wildman–Crippen MR) is 132 cm³/mol. The smallest absolute Gasteiger partial charge is 0.326 e. The molecule has 4 rings (SSSR count). The Bertz CT molecular complexity index is 1090. The van der Waals surface area contributed by atoms with E-state index in [1.807, 2.05) is 0 Å². The Balaban J connectivity index is 0.000000211. The number of benzene rings is 2. The molecule has 38 heavy (non-hydrogen) atoms. The second-order valence-corrected chi connectivity index (χ2v) is 10.7. The summed E-state index contributed by atoms with van der Waals surface area (Å²) in [6, 6.07) is 12.6. The van der Waals surface area contributed by atoms with Crippen molar-refractivity contribution in [3.8, 4) is 11.5 Å². The van der Waals surface area contributed by atoms with Crippen LogP contribution in [0, 0.1) is 10.8 Å². The summed E-state index contributed by atoms with van der Waals surface area (Å²) in [6.07, 6.45) is 0.335. The number of phenols is 2. The molecule has 0 unspecified atom stereocenters. The molecular formula is C28H32O10. The quantitative estimate of drug-likeness (QED) is 0.446. The largest absolute Gasteiger partial charge is 0.508 e. The van der Waals surface area contributed by atoms with Gasteiger partial charge in [0.05, 0.1) is 0 Å². The van der Waals surface area contributed by atoms with Gasteiger partial charge in [0.15, 0.2) is 10.8 Å². The van der Waals surface area contributed by atoms with Gasteiger partial charge in [0.1, 0.15) is 11.5 Å². The monoisotopic (exact) mass is 528 g/mol. The van der Waals surface area contributed by atoms with Gasteiger partial charge in [-0.25, -0.2) is 0 Å². The number of carbonyl (C=O) groups is 4. The highest BCUT2D eigenvalue weighted by Crippen LogP contribution is 2.36. The summed E-state index contributed by atoms with van der Waals surface area (Å²) in [5, 5.41) is 18.4. The van der Waals surface area contributed by atoms with E-state index in [4.69, 9.17) is 18.9 Å². The van der Waals surface area contributed by atoms with Crippen LogP contribution in [-0.2, 0) is 51.0 Å². The molecule has 204 valence electrons. The standard InChI is InChI=1S/2C14H16O5/c2*1-13(2)18-11(16)14(3,12(17)19-13)8-9-4-6-10(15)7-5-9/h2*4-7,15H,8H2,1-3H3. The lowest BCUT2D eigenvalue weighted by atomic mass is 9.82. The fraction of sp³-hybridized carbons (Fsp3) is 0.429. The molecule has 0 saturated carbocycles. The van der Waals surface area contributed by atoms with Gasteiger partial charge in [-0.1, -0.05) is 24.3 Å². The van der Waals surface area contributed by atoms with Crippen molar-refractivity contribution in [2.24, 2.45) is 10.8 Å². The SMILES string of the molecule is CC1(C)OC(=O)C(C)(Cc2ccc(O)cc2)C(=O)O1.CC1(C)OC(=O)C(C)(Cc2ccc(O)cc2)C(=O)O1. The summed E-state index contributed by atoms with van der Waals surface area (Å²) in [7, 11) is 0. The minimum atomic E-state index is -1.35. The van der Waals surface area contributed by atoms with Crippen LogP contribution >= 0.6 is 0 Å². The third-order valence-corrected chi connectivity index (χ3v) is 6.14. The van der Waals surface area contributed by atoms with Crippen LogP contribution in [0.15, 0.2) is 48.5 Å². The van der Waals surface area contributed by atoms with Crippen molar-refractivity contribution in [2.75, 3.05) is 0 Å². The molecule has 10 heteroatoms. The van der Waals surface area contributed by atoms with Gasteiger partial charge in [0.2, 0.25) is 0 Å². The summed E-state index contributed by atoms with van der Waals surface area (Å²) in [4.78, 5) is 48.2. The van der Waals surface area contributed by atoms with Gasteiger partial charge in [-0.15, -0.1) is 0 Å². The molecule has 2 saturated heterocycles. The van der Waals surface area contributed by atoms with Crippen LogP contribution in [0.1, 0.15) is 52.7 Å². The van der Waals surface area contributed by atoms with Crippen molar-refractivity contribution in [2.45, 2.75) is 66.0 Å². The molecule has 0 radical (unpaired) electrons. The molecule has 10 nitrogen and oxygen atoms in total. The van der Waals surface area contributed by atoms with Crippen LogP contribution in [0.3, 0.4) is 0 Å². The number of rotatable bonds is 4. The molecule has 2 aliphatic rings. The van der Waals surface area contributed by atoms with Crippen LogP contribution < -0.4 is 0 Å². The number of aromatic hydroxyl groups is 2. The van der Waals surface area contributed by atoms with Crippen LogP contribution in [0.25, 0.3) is 0 Å². The van der Waals surface area contributed by atoms with E-state index in [1.54, 1.807) is 24.3 Å². The molecule has 2 fully saturated rings. The molecule has 2 N–H and O–H groups in total. The van der Waals surface area contributed by atoms with E-state index in [0.29, 0.717) is 0 Å². The van der Waals surface area contributed by atoms with Crippen LogP contribution in [0.2, 0.25) is 0 Å². The van der Waals surface area contributed by atoms with Crippen LogP contribution in [0.4, 0.5) is 0 Å². The van der Waals surface area contributed by atoms with Gasteiger partial charge in [0.25, 0.3) is 11.6 Å². The van der Waals surface area contributed by atoms with E-state index in [9.17, 15) is 29.4 Å². The Morgan fingerprint density at radius 1 is 0.500 bits per heavy atom. The number of hydrogen-bond acceptors (Lipinski definition) is 10. The van der Waals surface area contributed by atoms with E-state index in [0.717, 1.165) is 11.1 Å². The van der Waals surface area contributed by atoms with Crippen LogP contribution in [0.5, 0.6) is 11.5 Å². The van der Waals surface area contributed by atoms with Gasteiger partial charge in [-0.3, -0.25) is 19.2 Å². The van der Waals surface area contributed by atoms with Gasteiger partial charge < -0.3 is 29.2 Å². The van der Waals surface area contributed by atoms with Crippen LogP contribution in [-0.4, -0.2) is 45.7 Å². The summed E-state index contributed by atoms with van der Waals surface area (Å²) < 4.78 is 20.5. The summed E-state index contributed by atoms with van der Waals surface area (Å²) in [5.41, 5.74) is -1.22. The third-order valence-electron chi connectivity index (χ3n) is 6.14. The predicted octanol–water partition coefficient (Wildman–Crippen LogP) is 3.55. The number of hydrogen-bond donors (Lipinski definition) is 2. The Hall–Kier alpha value is -4.08. The van der Waals surface area contributed by atoms with Crippen molar-refractivity contribution in [3.63, 3.8) is 0 Å². The van der Waals surface area contributed by atoms with E-state index >= 15 is 0 Å². The molecule has 0 bridgehead atoms. The lowest BCUT2D eigenvalue weighted by molar-refractivity contribution is -0.251. The molecular weight excluding hydrogens is 496 g/mol. The highest BCUT2D eigenvalue weighted by Gasteiger charge is 2.53. The lowest BCUT2D eigenvalue weighted by Gasteiger charge is -2.38. The second-order valence-electron chi connectivity index (χ2n) is 10.7. The number of cyclic esters (lactones) is 4. The molecule has 0 aromatic heterocycles. The average Bonchev–Trinajstić information content (AvgIpc) is 2.79. The number of phenolic OH excluding ortho intramolecular Hbond substituents is 2. The highest BCUT2D eigenvalue weighted by molar-refractivity contribution is 6.02. The van der Waals surface area contributed by atoms with Crippen molar-refractivity contribution < 1.29 is 48.3 Å². The normalized spacial score (nSPS) is 20.6. The summed E-state index contributed by atoms with van der Waals surface area (Å²) in [6.45, 7) is 9.07. The second kappa shape index (κ2) is 10.00. The first kappa shape index (κ1) is 28.5. The third kappa shape index (κ3) is 6.24. The maximum atomic E-state index is 12.0. The van der Waals surface area contributed by atoms with E-state index in [2.05, 4.69) is 0 Å².